The van der Waals surface area contributed by atoms with Gasteiger partial charge in [0.15, 0.2) is 0 Å². The average molecular weight is 518 g/mol. The molecule has 2 heterocycles. The van der Waals surface area contributed by atoms with Crippen molar-refractivity contribution >= 4 is 24.0 Å². The summed E-state index contributed by atoms with van der Waals surface area (Å²) in [5.41, 5.74) is 2.41. The second-order valence-corrected chi connectivity index (χ2v) is 9.68. The maximum absolute atomic E-state index is 13.6. The van der Waals surface area contributed by atoms with E-state index in [-0.39, 0.29) is 36.8 Å². The summed E-state index contributed by atoms with van der Waals surface area (Å²) in [7, 11) is 1.66. The molecule has 0 saturated heterocycles. The van der Waals surface area contributed by atoms with E-state index in [9.17, 15) is 19.1 Å². The van der Waals surface area contributed by atoms with Crippen molar-refractivity contribution in [3.63, 3.8) is 0 Å². The first kappa shape index (κ1) is 27.0. The summed E-state index contributed by atoms with van der Waals surface area (Å²) in [6.07, 6.45) is 4.97. The predicted molar refractivity (Wildman–Crippen MR) is 144 cm³/mol. The van der Waals surface area contributed by atoms with Crippen LogP contribution in [0.1, 0.15) is 45.7 Å². The Morgan fingerprint density at radius 3 is 2.55 bits per heavy atom. The summed E-state index contributed by atoms with van der Waals surface area (Å²) >= 11 is 0. The van der Waals surface area contributed by atoms with Crippen molar-refractivity contribution in [1.82, 2.24) is 14.8 Å². The topological polar surface area (TPSA) is 83.0 Å². The van der Waals surface area contributed by atoms with Crippen LogP contribution in [0.15, 0.2) is 66.9 Å². The molecule has 0 spiro atoms. The highest BCUT2D eigenvalue weighted by Gasteiger charge is 2.34. The molecule has 0 unspecified atom stereocenters. The molecule has 1 aromatic heterocycles. The lowest BCUT2D eigenvalue weighted by molar-refractivity contribution is 0.0313. The summed E-state index contributed by atoms with van der Waals surface area (Å²) in [5, 5.41) is 9.86. The van der Waals surface area contributed by atoms with E-state index in [2.05, 4.69) is 4.98 Å². The molecule has 0 saturated carbocycles. The van der Waals surface area contributed by atoms with Gasteiger partial charge in [0.05, 0.1) is 19.2 Å². The number of aliphatic hydroxyl groups is 1. The van der Waals surface area contributed by atoms with E-state index in [4.69, 9.17) is 4.74 Å². The molecule has 38 heavy (non-hydrogen) atoms. The normalized spacial score (nSPS) is 18.3. The zero-order valence-corrected chi connectivity index (χ0v) is 21.8. The van der Waals surface area contributed by atoms with Crippen LogP contribution in [-0.2, 0) is 0 Å². The number of fused-ring (bicyclic) bond motifs is 1. The number of amides is 2. The fourth-order valence-electron chi connectivity index (χ4n) is 4.35. The van der Waals surface area contributed by atoms with Crippen LogP contribution >= 0.6 is 0 Å². The van der Waals surface area contributed by atoms with Crippen LogP contribution in [-0.4, -0.2) is 70.6 Å². The zero-order valence-electron chi connectivity index (χ0n) is 21.8. The Morgan fingerprint density at radius 2 is 1.87 bits per heavy atom. The van der Waals surface area contributed by atoms with Crippen molar-refractivity contribution in [1.29, 1.82) is 0 Å². The molecular formula is C30H32FN3O4. The molecule has 0 aliphatic carbocycles. The number of carbonyl (C=O) groups excluding carboxylic acids is 2. The standard InChI is InChI=1S/C30H32FN3O4/c1-20-17-34(21(2)19-35)30(37)26-15-23(10-9-22-7-5-4-6-8-22)16-32-28(26)38-27(20)18-33(3)29(36)24-11-13-25(31)14-12-24/h4-16,20-21,27,35H,17-19H2,1-3H3/b10-9+/t20-,21-,27+/m0/s1. The Morgan fingerprint density at radius 1 is 1.18 bits per heavy atom. The first-order valence-electron chi connectivity index (χ1n) is 12.6. The number of nitrogens with zero attached hydrogens (tertiary/aromatic N) is 3. The van der Waals surface area contributed by atoms with Crippen molar-refractivity contribution in [3.05, 3.63) is 94.9 Å². The van der Waals surface area contributed by atoms with Crippen LogP contribution in [0.25, 0.3) is 12.2 Å². The number of aliphatic hydroxyl groups excluding tert-OH is 1. The first-order chi connectivity index (χ1) is 18.3. The third kappa shape index (κ3) is 6.26. The molecule has 7 nitrogen and oxygen atoms in total. The van der Waals surface area contributed by atoms with E-state index in [0.29, 0.717) is 17.7 Å². The number of benzene rings is 2. The molecule has 3 atom stereocenters. The average Bonchev–Trinajstić information content (AvgIpc) is 2.94. The third-order valence-corrected chi connectivity index (χ3v) is 6.70. The summed E-state index contributed by atoms with van der Waals surface area (Å²) < 4.78 is 19.6. The maximum atomic E-state index is 13.6. The molecule has 0 fully saturated rings. The molecule has 3 aromatic rings. The quantitative estimate of drug-likeness (QED) is 0.503. The minimum atomic E-state index is -0.483. The molecule has 2 amide bonds. The fraction of sp³-hybridized carbons (Fsp3) is 0.300. The molecule has 4 rings (SSSR count). The van der Waals surface area contributed by atoms with Crippen LogP contribution in [0.3, 0.4) is 0 Å². The van der Waals surface area contributed by atoms with Gasteiger partial charge in [-0.1, -0.05) is 49.4 Å². The van der Waals surface area contributed by atoms with Crippen molar-refractivity contribution in [2.24, 2.45) is 5.92 Å². The van der Waals surface area contributed by atoms with Crippen LogP contribution in [0.4, 0.5) is 4.39 Å². The lowest BCUT2D eigenvalue weighted by Gasteiger charge is -2.37. The Balaban J connectivity index is 1.63. The summed E-state index contributed by atoms with van der Waals surface area (Å²) in [4.78, 5) is 34.2. The van der Waals surface area contributed by atoms with E-state index < -0.39 is 18.0 Å². The smallest absolute Gasteiger partial charge is 0.259 e. The molecule has 2 aromatic carbocycles. The molecule has 1 aliphatic rings. The van der Waals surface area contributed by atoms with Gasteiger partial charge in [-0.2, -0.15) is 0 Å². The van der Waals surface area contributed by atoms with Gasteiger partial charge in [0.2, 0.25) is 5.88 Å². The highest BCUT2D eigenvalue weighted by molar-refractivity contribution is 5.97. The van der Waals surface area contributed by atoms with Gasteiger partial charge in [0.25, 0.3) is 11.8 Å². The second-order valence-electron chi connectivity index (χ2n) is 9.68. The maximum Gasteiger partial charge on any atom is 0.259 e. The Bertz CT molecular complexity index is 1300. The van der Waals surface area contributed by atoms with Crippen LogP contribution in [0.2, 0.25) is 0 Å². The summed E-state index contributed by atoms with van der Waals surface area (Å²) in [6, 6.07) is 16.5. The van der Waals surface area contributed by atoms with Crippen molar-refractivity contribution in [2.45, 2.75) is 26.0 Å². The van der Waals surface area contributed by atoms with Gasteiger partial charge in [-0.25, -0.2) is 9.37 Å². The molecule has 8 heteroatoms. The molecule has 0 bridgehead atoms. The van der Waals surface area contributed by atoms with Crippen LogP contribution in [0, 0.1) is 11.7 Å². The molecular weight excluding hydrogens is 485 g/mol. The number of hydrogen-bond acceptors (Lipinski definition) is 5. The Hall–Kier alpha value is -4.04. The van der Waals surface area contributed by atoms with E-state index in [0.717, 1.165) is 11.1 Å². The molecule has 1 aliphatic heterocycles. The monoisotopic (exact) mass is 517 g/mol. The van der Waals surface area contributed by atoms with Crippen molar-refractivity contribution in [2.75, 3.05) is 26.7 Å². The highest BCUT2D eigenvalue weighted by Crippen LogP contribution is 2.28. The number of rotatable bonds is 7. The Kier molecular flexibility index (Phi) is 8.53. The lowest BCUT2D eigenvalue weighted by Crippen LogP contribution is -2.50. The third-order valence-electron chi connectivity index (χ3n) is 6.70. The summed E-state index contributed by atoms with van der Waals surface area (Å²) in [5.74, 6) is -0.950. The van der Waals surface area contributed by atoms with E-state index in [1.165, 1.54) is 29.2 Å². The fourth-order valence-corrected chi connectivity index (χ4v) is 4.35. The molecule has 1 N–H and O–H groups in total. The number of ether oxygens (including phenoxy) is 1. The predicted octanol–water partition coefficient (Wildman–Crippen LogP) is 4.38. The van der Waals surface area contributed by atoms with Gasteiger partial charge in [0.1, 0.15) is 17.5 Å². The number of hydrogen-bond donors (Lipinski definition) is 1. The second kappa shape index (κ2) is 12.0. The zero-order chi connectivity index (χ0) is 27.2. The summed E-state index contributed by atoms with van der Waals surface area (Å²) in [6.45, 7) is 4.09. The van der Waals surface area contributed by atoms with Gasteiger partial charge < -0.3 is 19.6 Å². The number of carbonyl (C=O) groups is 2. The van der Waals surface area contributed by atoms with Gasteiger partial charge in [0, 0.05) is 31.3 Å². The minimum Gasteiger partial charge on any atom is -0.472 e. The highest BCUT2D eigenvalue weighted by atomic mass is 19.1. The van der Waals surface area contributed by atoms with Gasteiger partial charge in [-0.05, 0) is 48.4 Å². The number of halogens is 1. The largest absolute Gasteiger partial charge is 0.472 e. The molecule has 0 radical (unpaired) electrons. The Labute approximate surface area is 222 Å². The van der Waals surface area contributed by atoms with Crippen LogP contribution in [0.5, 0.6) is 5.88 Å². The van der Waals surface area contributed by atoms with Gasteiger partial charge >= 0.3 is 0 Å². The van der Waals surface area contributed by atoms with Crippen LogP contribution < -0.4 is 4.74 Å². The molecule has 198 valence electrons. The first-order valence-corrected chi connectivity index (χ1v) is 12.6. The minimum absolute atomic E-state index is 0.177. The van der Waals surface area contributed by atoms with Gasteiger partial charge in [-0.3, -0.25) is 9.59 Å². The van der Waals surface area contributed by atoms with Gasteiger partial charge in [-0.15, -0.1) is 0 Å². The lowest BCUT2D eigenvalue weighted by atomic mass is 9.99. The number of aromatic nitrogens is 1. The van der Waals surface area contributed by atoms with E-state index >= 15 is 0 Å². The number of pyridine rings is 1. The van der Waals surface area contributed by atoms with E-state index in [1.807, 2.05) is 49.4 Å². The number of likely N-dealkylation sites (N-methyl/N-ethyl adjacent to an activating group) is 1. The van der Waals surface area contributed by atoms with Crippen molar-refractivity contribution < 1.29 is 23.8 Å². The van der Waals surface area contributed by atoms with E-state index in [1.54, 1.807) is 31.1 Å². The van der Waals surface area contributed by atoms with Crippen molar-refractivity contribution in [3.8, 4) is 5.88 Å². The SMILES string of the molecule is C[C@H]1CN([C@@H](C)CO)C(=O)c2cc(/C=C/c3ccccc3)cnc2O[C@@H]1CN(C)C(=O)c1ccc(F)cc1.